The average molecular weight is 408 g/mol. The minimum atomic E-state index is -0.312. The Morgan fingerprint density at radius 3 is 2.83 bits per heavy atom. The van der Waals surface area contributed by atoms with Crippen molar-refractivity contribution in [2.45, 2.75) is 26.0 Å². The summed E-state index contributed by atoms with van der Waals surface area (Å²) in [6, 6.07) is 18.0. The van der Waals surface area contributed by atoms with Crippen molar-refractivity contribution in [2.24, 2.45) is 5.16 Å². The summed E-state index contributed by atoms with van der Waals surface area (Å²) in [5.41, 5.74) is 3.84. The van der Waals surface area contributed by atoms with E-state index < -0.39 is 0 Å². The number of aryl methyl sites for hydroxylation is 1. The molecule has 6 heteroatoms. The Morgan fingerprint density at radius 2 is 2.07 bits per heavy atom. The zero-order valence-electron chi connectivity index (χ0n) is 16.0. The van der Waals surface area contributed by atoms with Gasteiger partial charge in [0.2, 0.25) is 0 Å². The molecule has 0 unspecified atom stereocenters. The summed E-state index contributed by atoms with van der Waals surface area (Å²) in [7, 11) is 0. The van der Waals surface area contributed by atoms with Crippen molar-refractivity contribution < 1.29 is 14.0 Å². The first-order valence-corrected chi connectivity index (χ1v) is 10.3. The highest BCUT2D eigenvalue weighted by molar-refractivity contribution is 7.12. The first-order chi connectivity index (χ1) is 14.1. The van der Waals surface area contributed by atoms with Crippen LogP contribution in [-0.2, 0) is 11.4 Å². The molecule has 2 heterocycles. The number of rotatable bonds is 6. The molecule has 0 saturated carbocycles. The summed E-state index contributed by atoms with van der Waals surface area (Å²) in [5.74, 6) is -0.398. The molecular formula is C23H21FN2O2S. The second kappa shape index (κ2) is 8.57. The van der Waals surface area contributed by atoms with Gasteiger partial charge >= 0.3 is 0 Å². The summed E-state index contributed by atoms with van der Waals surface area (Å²) < 4.78 is 13.6. The van der Waals surface area contributed by atoms with Gasteiger partial charge in [-0.25, -0.2) is 4.39 Å². The Kier molecular flexibility index (Phi) is 5.71. The lowest BCUT2D eigenvalue weighted by Gasteiger charge is -2.24. The Morgan fingerprint density at radius 1 is 1.21 bits per heavy atom. The topological polar surface area (TPSA) is 41.9 Å². The maximum absolute atomic E-state index is 13.6. The van der Waals surface area contributed by atoms with Gasteiger partial charge in [-0.3, -0.25) is 4.79 Å². The molecule has 0 spiro atoms. The second-order valence-corrected chi connectivity index (χ2v) is 8.03. The molecule has 4 rings (SSSR count). The van der Waals surface area contributed by atoms with Crippen LogP contribution in [0.1, 0.15) is 32.8 Å². The van der Waals surface area contributed by atoms with Crippen LogP contribution in [0.3, 0.4) is 0 Å². The van der Waals surface area contributed by atoms with Crippen LogP contribution in [0.4, 0.5) is 4.39 Å². The second-order valence-electron chi connectivity index (χ2n) is 7.08. The van der Waals surface area contributed by atoms with E-state index in [2.05, 4.69) is 5.16 Å². The van der Waals surface area contributed by atoms with Gasteiger partial charge in [0.25, 0.3) is 5.91 Å². The predicted octanol–water partition coefficient (Wildman–Crippen LogP) is 5.03. The Bertz CT molecular complexity index is 1030. The smallest absolute Gasteiger partial charge is 0.264 e. The van der Waals surface area contributed by atoms with E-state index in [9.17, 15) is 9.18 Å². The first kappa shape index (κ1) is 19.3. The number of oxime groups is 1. The van der Waals surface area contributed by atoms with E-state index in [0.717, 1.165) is 22.4 Å². The minimum Gasteiger partial charge on any atom is -0.390 e. The molecule has 0 radical (unpaired) electrons. The van der Waals surface area contributed by atoms with Crippen LogP contribution in [0.5, 0.6) is 0 Å². The summed E-state index contributed by atoms with van der Waals surface area (Å²) in [6.07, 6.45) is 0.393. The minimum absolute atomic E-state index is 0.0859. The van der Waals surface area contributed by atoms with Crippen molar-refractivity contribution in [1.82, 2.24) is 4.90 Å². The maximum Gasteiger partial charge on any atom is 0.264 e. The number of nitrogens with zero attached hydrogens (tertiary/aromatic N) is 2. The van der Waals surface area contributed by atoms with Crippen molar-refractivity contribution in [3.05, 3.63) is 93.4 Å². The Hall–Kier alpha value is -2.99. The van der Waals surface area contributed by atoms with Crippen molar-refractivity contribution in [3.63, 3.8) is 0 Å². The summed E-state index contributed by atoms with van der Waals surface area (Å²) >= 11 is 1.40. The van der Waals surface area contributed by atoms with Crippen LogP contribution in [0, 0.1) is 12.7 Å². The molecule has 1 aliphatic heterocycles. The molecule has 148 valence electrons. The fourth-order valence-electron chi connectivity index (χ4n) is 3.46. The molecule has 0 saturated heterocycles. The number of carbonyl (C=O) groups is 1. The molecular weight excluding hydrogens is 387 g/mol. The summed E-state index contributed by atoms with van der Waals surface area (Å²) in [6.45, 7) is 2.74. The fraction of sp³-hybridized carbons (Fsp3) is 0.217. The molecule has 0 fully saturated rings. The zero-order valence-corrected chi connectivity index (χ0v) is 16.9. The van der Waals surface area contributed by atoms with E-state index in [1.807, 2.05) is 48.7 Å². The van der Waals surface area contributed by atoms with Crippen LogP contribution < -0.4 is 0 Å². The molecule has 1 aromatic heterocycles. The van der Waals surface area contributed by atoms with Crippen LogP contribution >= 0.6 is 11.3 Å². The van der Waals surface area contributed by atoms with Gasteiger partial charge < -0.3 is 9.74 Å². The molecule has 3 aromatic rings. The van der Waals surface area contributed by atoms with E-state index >= 15 is 0 Å². The number of halogens is 1. The molecule has 1 atom stereocenters. The third-order valence-corrected chi connectivity index (χ3v) is 5.75. The Balaban J connectivity index is 1.50. The van der Waals surface area contributed by atoms with E-state index in [1.165, 1.54) is 23.5 Å². The van der Waals surface area contributed by atoms with Gasteiger partial charge in [0.15, 0.2) is 6.10 Å². The van der Waals surface area contributed by atoms with E-state index in [0.29, 0.717) is 24.4 Å². The largest absolute Gasteiger partial charge is 0.390 e. The number of hydrogen-bond donors (Lipinski definition) is 0. The quantitative estimate of drug-likeness (QED) is 0.574. The van der Waals surface area contributed by atoms with Crippen LogP contribution in [0.25, 0.3) is 0 Å². The van der Waals surface area contributed by atoms with Crippen LogP contribution in [-0.4, -0.2) is 29.2 Å². The number of amides is 1. The molecule has 1 aliphatic rings. The van der Waals surface area contributed by atoms with Gasteiger partial charge in [0.05, 0.1) is 17.1 Å². The predicted molar refractivity (Wildman–Crippen MR) is 113 cm³/mol. The highest BCUT2D eigenvalue weighted by atomic mass is 32.1. The third kappa shape index (κ3) is 4.54. The Labute approximate surface area is 173 Å². The standard InChI is InChI=1S/C23H21FN2O2S/c1-16-6-2-3-9-20(16)21-13-19(28-25-21)15-26(23(27)22-10-5-11-29-22)14-17-7-4-8-18(24)12-17/h2-12,19H,13-15H2,1H3/t19-/m1/s1. The van der Waals surface area contributed by atoms with E-state index in [4.69, 9.17) is 4.84 Å². The molecule has 4 nitrogen and oxygen atoms in total. The van der Waals surface area contributed by atoms with Crippen LogP contribution in [0.2, 0.25) is 0 Å². The monoisotopic (exact) mass is 408 g/mol. The molecule has 1 amide bonds. The average Bonchev–Trinajstić information content (AvgIpc) is 3.40. The van der Waals surface area contributed by atoms with Crippen molar-refractivity contribution >= 4 is 23.0 Å². The molecule has 0 bridgehead atoms. The van der Waals surface area contributed by atoms with E-state index in [-0.39, 0.29) is 17.8 Å². The maximum atomic E-state index is 13.6. The van der Waals surface area contributed by atoms with Crippen molar-refractivity contribution in [2.75, 3.05) is 6.54 Å². The zero-order chi connectivity index (χ0) is 20.2. The fourth-order valence-corrected chi connectivity index (χ4v) is 4.15. The normalized spacial score (nSPS) is 15.7. The summed E-state index contributed by atoms with van der Waals surface area (Å²) in [4.78, 5) is 21.1. The lowest BCUT2D eigenvalue weighted by Crippen LogP contribution is -2.37. The van der Waals surface area contributed by atoms with Crippen LogP contribution in [0.15, 0.2) is 71.2 Å². The molecule has 0 N–H and O–H groups in total. The van der Waals surface area contributed by atoms with Gasteiger partial charge in [0, 0.05) is 18.5 Å². The van der Waals surface area contributed by atoms with Crippen molar-refractivity contribution in [3.8, 4) is 0 Å². The lowest BCUT2D eigenvalue weighted by molar-refractivity contribution is 0.0408. The first-order valence-electron chi connectivity index (χ1n) is 9.46. The molecule has 29 heavy (non-hydrogen) atoms. The van der Waals surface area contributed by atoms with Gasteiger partial charge in [-0.05, 0) is 41.6 Å². The van der Waals surface area contributed by atoms with Gasteiger partial charge in [-0.15, -0.1) is 11.3 Å². The van der Waals surface area contributed by atoms with Gasteiger partial charge in [-0.2, -0.15) is 0 Å². The SMILES string of the molecule is Cc1ccccc1C1=NO[C@@H](CN(Cc2cccc(F)c2)C(=O)c2cccs2)C1. The van der Waals surface area contributed by atoms with Gasteiger partial charge in [0.1, 0.15) is 5.82 Å². The summed E-state index contributed by atoms with van der Waals surface area (Å²) in [5, 5.41) is 6.14. The van der Waals surface area contributed by atoms with Gasteiger partial charge in [-0.1, -0.05) is 47.6 Å². The lowest BCUT2D eigenvalue weighted by atomic mass is 10.00. The molecule has 2 aromatic carbocycles. The molecule has 0 aliphatic carbocycles. The number of thiophene rings is 1. The highest BCUT2D eigenvalue weighted by Crippen LogP contribution is 2.22. The third-order valence-electron chi connectivity index (χ3n) is 4.89. The highest BCUT2D eigenvalue weighted by Gasteiger charge is 2.28. The van der Waals surface area contributed by atoms with E-state index in [1.54, 1.807) is 17.0 Å². The number of carbonyl (C=O) groups excluding carboxylic acids is 1. The number of hydrogen-bond acceptors (Lipinski definition) is 4. The number of benzene rings is 2. The van der Waals surface area contributed by atoms with Crippen molar-refractivity contribution in [1.29, 1.82) is 0 Å².